The van der Waals surface area contributed by atoms with Crippen molar-refractivity contribution in [3.8, 4) is 5.75 Å². The molecule has 20 heavy (non-hydrogen) atoms. The number of amides is 3. The van der Waals surface area contributed by atoms with E-state index in [1.54, 1.807) is 18.2 Å². The molecule has 0 radical (unpaired) electrons. The van der Waals surface area contributed by atoms with E-state index in [0.717, 1.165) is 6.42 Å². The molecule has 108 valence electrons. The summed E-state index contributed by atoms with van der Waals surface area (Å²) in [6.07, 6.45) is 0.764. The van der Waals surface area contributed by atoms with Gasteiger partial charge in [0.1, 0.15) is 5.75 Å². The highest BCUT2D eigenvalue weighted by molar-refractivity contribution is 6.31. The third kappa shape index (κ3) is 2.96. The molecule has 0 aromatic heterocycles. The molecule has 1 aliphatic rings. The van der Waals surface area contributed by atoms with Crippen molar-refractivity contribution in [2.75, 3.05) is 25.5 Å². The van der Waals surface area contributed by atoms with Gasteiger partial charge < -0.3 is 10.1 Å². The van der Waals surface area contributed by atoms with E-state index < -0.39 is 0 Å². The maximum absolute atomic E-state index is 12.2. The minimum absolute atomic E-state index is 0.157. The maximum atomic E-state index is 12.2. The van der Waals surface area contributed by atoms with Gasteiger partial charge in [0.2, 0.25) is 5.91 Å². The van der Waals surface area contributed by atoms with Crippen LogP contribution in [0.3, 0.4) is 0 Å². The van der Waals surface area contributed by atoms with E-state index in [1.807, 2.05) is 0 Å². The summed E-state index contributed by atoms with van der Waals surface area (Å²) in [4.78, 5) is 23.7. The van der Waals surface area contributed by atoms with Crippen LogP contribution in [-0.4, -0.2) is 42.2 Å². The first-order valence-electron chi connectivity index (χ1n) is 6.23. The number of anilines is 1. The van der Waals surface area contributed by atoms with Gasteiger partial charge in [-0.3, -0.25) is 9.80 Å². The van der Waals surface area contributed by atoms with Gasteiger partial charge in [-0.1, -0.05) is 11.6 Å². The number of carbonyl (C=O) groups excluding carboxylic acids is 2. The Bertz CT molecular complexity index is 536. The Balaban J connectivity index is 2.15. The number of rotatable bonds is 2. The first kappa shape index (κ1) is 14.5. The van der Waals surface area contributed by atoms with Crippen LogP contribution < -0.4 is 10.1 Å². The van der Waals surface area contributed by atoms with Crippen molar-refractivity contribution in [1.29, 1.82) is 0 Å². The minimum atomic E-state index is -0.377. The standard InChI is InChI=1S/C13H16ClN3O3/c1-9(18)16-6-3-7-17(16)13(19)15-11-8-10(14)4-5-12(11)20-2/h4-5,8H,3,6-7H2,1-2H3,(H,15,19). The molecule has 1 N–H and O–H groups in total. The van der Waals surface area contributed by atoms with Crippen molar-refractivity contribution < 1.29 is 14.3 Å². The molecule has 1 aromatic rings. The quantitative estimate of drug-likeness (QED) is 0.911. The number of hydrogen-bond acceptors (Lipinski definition) is 3. The van der Waals surface area contributed by atoms with E-state index in [1.165, 1.54) is 24.1 Å². The van der Waals surface area contributed by atoms with Crippen LogP contribution in [0.25, 0.3) is 0 Å². The van der Waals surface area contributed by atoms with Gasteiger partial charge in [-0.05, 0) is 24.6 Å². The fraction of sp³-hybridized carbons (Fsp3) is 0.385. The lowest BCUT2D eigenvalue weighted by molar-refractivity contribution is -0.137. The molecule has 6 nitrogen and oxygen atoms in total. The van der Waals surface area contributed by atoms with Crippen molar-refractivity contribution in [2.45, 2.75) is 13.3 Å². The second-order valence-corrected chi connectivity index (χ2v) is 4.83. The largest absolute Gasteiger partial charge is 0.495 e. The third-order valence-corrected chi connectivity index (χ3v) is 3.27. The average molecular weight is 298 g/mol. The van der Waals surface area contributed by atoms with Crippen LogP contribution in [0, 0.1) is 0 Å². The Labute approximate surface area is 122 Å². The van der Waals surface area contributed by atoms with E-state index in [-0.39, 0.29) is 11.9 Å². The normalized spacial score (nSPS) is 14.3. The molecule has 3 amide bonds. The lowest BCUT2D eigenvalue weighted by atomic mass is 10.3. The molecule has 0 bridgehead atoms. The fourth-order valence-electron chi connectivity index (χ4n) is 2.11. The SMILES string of the molecule is COc1ccc(Cl)cc1NC(=O)N1CCCN1C(C)=O. The van der Waals surface area contributed by atoms with Crippen molar-refractivity contribution in [3.05, 3.63) is 23.2 Å². The van der Waals surface area contributed by atoms with Crippen LogP contribution in [0.5, 0.6) is 5.75 Å². The highest BCUT2D eigenvalue weighted by atomic mass is 35.5. The number of nitrogens with one attached hydrogen (secondary N) is 1. The highest BCUT2D eigenvalue weighted by Crippen LogP contribution is 2.28. The summed E-state index contributed by atoms with van der Waals surface area (Å²) in [5.41, 5.74) is 0.473. The summed E-state index contributed by atoms with van der Waals surface area (Å²) in [6, 6.07) is 4.57. The molecule has 1 fully saturated rings. The number of hydrogen-bond donors (Lipinski definition) is 1. The number of methoxy groups -OCH3 is 1. The van der Waals surface area contributed by atoms with Crippen molar-refractivity contribution in [3.63, 3.8) is 0 Å². The Kier molecular flexibility index (Phi) is 4.34. The van der Waals surface area contributed by atoms with E-state index in [0.29, 0.717) is 29.5 Å². The molecule has 0 atom stereocenters. The molecule has 1 heterocycles. The Morgan fingerprint density at radius 2 is 2.00 bits per heavy atom. The average Bonchev–Trinajstić information content (AvgIpc) is 2.88. The molecular weight excluding hydrogens is 282 g/mol. The zero-order valence-electron chi connectivity index (χ0n) is 11.4. The first-order valence-corrected chi connectivity index (χ1v) is 6.61. The lowest BCUT2D eigenvalue weighted by Gasteiger charge is -2.27. The van der Waals surface area contributed by atoms with Gasteiger partial charge in [0.25, 0.3) is 0 Å². The molecular formula is C13H16ClN3O3. The van der Waals surface area contributed by atoms with Gasteiger partial charge in [0.15, 0.2) is 0 Å². The van der Waals surface area contributed by atoms with Crippen LogP contribution >= 0.6 is 11.6 Å². The molecule has 7 heteroatoms. The van der Waals surface area contributed by atoms with Gasteiger partial charge in [0, 0.05) is 25.0 Å². The minimum Gasteiger partial charge on any atom is -0.495 e. The van der Waals surface area contributed by atoms with Gasteiger partial charge in [-0.15, -0.1) is 0 Å². The number of ether oxygens (including phenoxy) is 1. The zero-order valence-corrected chi connectivity index (χ0v) is 12.1. The highest BCUT2D eigenvalue weighted by Gasteiger charge is 2.29. The predicted molar refractivity (Wildman–Crippen MR) is 75.7 cm³/mol. The summed E-state index contributed by atoms with van der Waals surface area (Å²) >= 11 is 5.91. The molecule has 0 spiro atoms. The zero-order chi connectivity index (χ0) is 14.7. The Hall–Kier alpha value is -1.95. The summed E-state index contributed by atoms with van der Waals surface area (Å²) in [5.74, 6) is 0.354. The van der Waals surface area contributed by atoms with E-state index in [2.05, 4.69) is 5.32 Å². The smallest absolute Gasteiger partial charge is 0.340 e. The Morgan fingerprint density at radius 3 is 2.65 bits per heavy atom. The number of urea groups is 1. The second kappa shape index (κ2) is 6.00. The second-order valence-electron chi connectivity index (χ2n) is 4.39. The van der Waals surface area contributed by atoms with Gasteiger partial charge in [-0.25, -0.2) is 9.80 Å². The first-order chi connectivity index (χ1) is 9.52. The van der Waals surface area contributed by atoms with Crippen molar-refractivity contribution in [1.82, 2.24) is 10.0 Å². The molecule has 2 rings (SSSR count). The van der Waals surface area contributed by atoms with Crippen LogP contribution in [0.1, 0.15) is 13.3 Å². The summed E-state index contributed by atoms with van der Waals surface area (Å²) < 4.78 is 5.17. The maximum Gasteiger partial charge on any atom is 0.340 e. The summed E-state index contributed by atoms with van der Waals surface area (Å²) in [7, 11) is 1.51. The fourth-order valence-corrected chi connectivity index (χ4v) is 2.28. The van der Waals surface area contributed by atoms with E-state index >= 15 is 0 Å². The van der Waals surface area contributed by atoms with E-state index in [9.17, 15) is 9.59 Å². The number of nitrogens with zero attached hydrogens (tertiary/aromatic N) is 2. The summed E-state index contributed by atoms with van der Waals surface area (Å²) in [6.45, 7) is 2.50. The molecule has 1 saturated heterocycles. The topological polar surface area (TPSA) is 61.9 Å². The summed E-state index contributed by atoms with van der Waals surface area (Å²) in [5, 5.41) is 6.02. The number of benzene rings is 1. The van der Waals surface area contributed by atoms with Crippen LogP contribution in [0.2, 0.25) is 5.02 Å². The lowest BCUT2D eigenvalue weighted by Crippen LogP contribution is -2.45. The van der Waals surface area contributed by atoms with Crippen molar-refractivity contribution >= 4 is 29.2 Å². The number of halogens is 1. The molecule has 0 unspecified atom stereocenters. The van der Waals surface area contributed by atoms with Gasteiger partial charge in [-0.2, -0.15) is 0 Å². The molecule has 0 aliphatic carbocycles. The monoisotopic (exact) mass is 297 g/mol. The molecule has 0 saturated carbocycles. The van der Waals surface area contributed by atoms with Gasteiger partial charge >= 0.3 is 6.03 Å². The van der Waals surface area contributed by atoms with Crippen LogP contribution in [0.4, 0.5) is 10.5 Å². The predicted octanol–water partition coefficient (Wildman–Crippen LogP) is 2.35. The number of hydrazine groups is 1. The van der Waals surface area contributed by atoms with E-state index in [4.69, 9.17) is 16.3 Å². The Morgan fingerprint density at radius 1 is 1.30 bits per heavy atom. The van der Waals surface area contributed by atoms with Crippen LogP contribution in [-0.2, 0) is 4.79 Å². The molecule has 1 aliphatic heterocycles. The van der Waals surface area contributed by atoms with Crippen LogP contribution in [0.15, 0.2) is 18.2 Å². The van der Waals surface area contributed by atoms with Gasteiger partial charge in [0.05, 0.1) is 12.8 Å². The molecule has 1 aromatic carbocycles. The van der Waals surface area contributed by atoms with Crippen molar-refractivity contribution in [2.24, 2.45) is 0 Å². The third-order valence-electron chi connectivity index (χ3n) is 3.03. The number of carbonyl (C=O) groups is 2.